The van der Waals surface area contributed by atoms with E-state index in [1.54, 1.807) is 36.4 Å². The Hall–Kier alpha value is -2.18. The van der Waals surface area contributed by atoms with E-state index >= 15 is 0 Å². The van der Waals surface area contributed by atoms with Crippen LogP contribution in [0.1, 0.15) is 11.1 Å². The van der Waals surface area contributed by atoms with Crippen molar-refractivity contribution in [3.8, 4) is 0 Å². The van der Waals surface area contributed by atoms with Gasteiger partial charge in [0.15, 0.2) is 5.65 Å². The molecule has 1 N–H and O–H groups in total. The number of aliphatic hydroxyl groups excluding tert-OH is 1. The number of nitrogens with zero attached hydrogens (tertiary/aromatic N) is 2. The minimum Gasteiger partial charge on any atom is -0.392 e. The molecular weight excluding hydrogens is 288 g/mol. The van der Waals surface area contributed by atoms with Crippen LogP contribution in [0.4, 0.5) is 0 Å². The average molecular weight is 302 g/mol. The summed E-state index contributed by atoms with van der Waals surface area (Å²) in [5, 5.41) is 10.0. The van der Waals surface area contributed by atoms with Crippen molar-refractivity contribution in [1.29, 1.82) is 0 Å². The Morgan fingerprint density at radius 3 is 2.57 bits per heavy atom. The van der Waals surface area contributed by atoms with Crippen LogP contribution in [0.3, 0.4) is 0 Å². The number of aromatic nitrogens is 2. The van der Waals surface area contributed by atoms with Crippen molar-refractivity contribution < 1.29 is 13.5 Å². The molecule has 0 radical (unpaired) electrons. The molecule has 2 aromatic heterocycles. The molecule has 0 aliphatic carbocycles. The van der Waals surface area contributed by atoms with E-state index in [0.29, 0.717) is 16.6 Å². The van der Waals surface area contributed by atoms with Crippen molar-refractivity contribution in [3.05, 3.63) is 59.9 Å². The van der Waals surface area contributed by atoms with Gasteiger partial charge in [0.25, 0.3) is 10.0 Å². The molecule has 0 amide bonds. The monoisotopic (exact) mass is 302 g/mol. The summed E-state index contributed by atoms with van der Waals surface area (Å²) in [7, 11) is -3.73. The number of pyridine rings is 1. The summed E-state index contributed by atoms with van der Waals surface area (Å²) in [6, 6.07) is 10.1. The number of hydrogen-bond donors (Lipinski definition) is 1. The van der Waals surface area contributed by atoms with E-state index < -0.39 is 10.0 Å². The van der Waals surface area contributed by atoms with E-state index in [2.05, 4.69) is 4.98 Å². The van der Waals surface area contributed by atoms with Crippen LogP contribution in [-0.2, 0) is 16.6 Å². The fraction of sp³-hybridized carbons (Fsp3) is 0.133. The third kappa shape index (κ3) is 2.22. The van der Waals surface area contributed by atoms with Crippen molar-refractivity contribution in [2.24, 2.45) is 0 Å². The van der Waals surface area contributed by atoms with Gasteiger partial charge in [-0.1, -0.05) is 17.7 Å². The van der Waals surface area contributed by atoms with Crippen LogP contribution in [0.15, 0.2) is 53.7 Å². The first kappa shape index (κ1) is 13.8. The van der Waals surface area contributed by atoms with Crippen molar-refractivity contribution in [2.75, 3.05) is 0 Å². The second-order valence-corrected chi connectivity index (χ2v) is 6.62. The molecule has 108 valence electrons. The predicted molar refractivity (Wildman–Crippen MR) is 79.4 cm³/mol. The molecule has 21 heavy (non-hydrogen) atoms. The Balaban J connectivity index is 2.26. The van der Waals surface area contributed by atoms with Crippen LogP contribution < -0.4 is 0 Å². The van der Waals surface area contributed by atoms with Gasteiger partial charge in [-0.15, -0.1) is 0 Å². The van der Waals surface area contributed by atoms with Gasteiger partial charge < -0.3 is 5.11 Å². The highest BCUT2D eigenvalue weighted by atomic mass is 32.2. The summed E-state index contributed by atoms with van der Waals surface area (Å²) in [6.45, 7) is 1.66. The summed E-state index contributed by atoms with van der Waals surface area (Å²) in [4.78, 5) is 4.33. The fourth-order valence-corrected chi connectivity index (χ4v) is 3.57. The molecular formula is C15H14N2O3S. The highest BCUT2D eigenvalue weighted by molar-refractivity contribution is 7.90. The van der Waals surface area contributed by atoms with E-state index in [9.17, 15) is 13.5 Å². The molecule has 0 unspecified atom stereocenters. The summed E-state index contributed by atoms with van der Waals surface area (Å²) >= 11 is 0. The first-order chi connectivity index (χ1) is 10.0. The number of hydrogen-bond acceptors (Lipinski definition) is 4. The molecule has 0 atom stereocenters. The zero-order valence-electron chi connectivity index (χ0n) is 11.4. The summed E-state index contributed by atoms with van der Waals surface area (Å²) in [6.07, 6.45) is 2.96. The standard InChI is InChI=1S/C15H14N2O3S/c1-11-4-6-13(7-5-11)21(19,20)17-9-12(10-18)14-3-2-8-16-15(14)17/h2-9,18H,10H2,1H3. The van der Waals surface area contributed by atoms with Crippen molar-refractivity contribution in [3.63, 3.8) is 0 Å². The molecule has 0 spiro atoms. The highest BCUT2D eigenvalue weighted by Crippen LogP contribution is 2.24. The van der Waals surface area contributed by atoms with Gasteiger partial charge in [-0.2, -0.15) is 0 Å². The van der Waals surface area contributed by atoms with Crippen LogP contribution in [0.5, 0.6) is 0 Å². The third-order valence-corrected chi connectivity index (χ3v) is 5.03. The van der Waals surface area contributed by atoms with Gasteiger partial charge in [0, 0.05) is 23.3 Å². The van der Waals surface area contributed by atoms with Crippen LogP contribution in [0, 0.1) is 6.92 Å². The van der Waals surface area contributed by atoms with Gasteiger partial charge in [-0.3, -0.25) is 0 Å². The third-order valence-electron chi connectivity index (χ3n) is 3.36. The number of aliphatic hydroxyl groups is 1. The molecule has 0 saturated heterocycles. The maximum Gasteiger partial charge on any atom is 0.269 e. The second kappa shape index (κ2) is 4.98. The number of aryl methyl sites for hydroxylation is 1. The van der Waals surface area contributed by atoms with Crippen molar-refractivity contribution in [2.45, 2.75) is 18.4 Å². The molecule has 3 rings (SSSR count). The predicted octanol–water partition coefficient (Wildman–Crippen LogP) is 2.07. The maximum absolute atomic E-state index is 12.7. The lowest BCUT2D eigenvalue weighted by Crippen LogP contribution is -2.12. The van der Waals surface area contributed by atoms with Gasteiger partial charge in [-0.25, -0.2) is 17.4 Å². The normalized spacial score (nSPS) is 11.9. The largest absolute Gasteiger partial charge is 0.392 e. The first-order valence-corrected chi connectivity index (χ1v) is 7.86. The molecule has 3 aromatic rings. The molecule has 0 aliphatic heterocycles. The summed E-state index contributed by atoms with van der Waals surface area (Å²) in [5.41, 5.74) is 1.84. The Morgan fingerprint density at radius 1 is 1.19 bits per heavy atom. The highest BCUT2D eigenvalue weighted by Gasteiger charge is 2.21. The number of rotatable bonds is 3. The van der Waals surface area contributed by atoms with Crippen molar-refractivity contribution >= 4 is 21.1 Å². The Morgan fingerprint density at radius 2 is 1.90 bits per heavy atom. The topological polar surface area (TPSA) is 72.2 Å². The molecule has 2 heterocycles. The number of benzene rings is 1. The lowest BCUT2D eigenvalue weighted by Gasteiger charge is -2.07. The minimum absolute atomic E-state index is 0.195. The molecule has 6 heteroatoms. The Bertz CT molecular complexity index is 896. The summed E-state index contributed by atoms with van der Waals surface area (Å²) in [5.74, 6) is 0. The lowest BCUT2D eigenvalue weighted by atomic mass is 10.2. The second-order valence-electron chi connectivity index (χ2n) is 4.80. The van der Waals surface area contributed by atoms with Crippen LogP contribution in [-0.4, -0.2) is 22.5 Å². The van der Waals surface area contributed by atoms with Crippen LogP contribution in [0.25, 0.3) is 11.0 Å². The summed E-state index contributed by atoms with van der Waals surface area (Å²) < 4.78 is 26.6. The molecule has 5 nitrogen and oxygen atoms in total. The fourth-order valence-electron chi connectivity index (χ4n) is 2.23. The Kier molecular flexibility index (Phi) is 3.27. The molecule has 0 aliphatic rings. The number of fused-ring (bicyclic) bond motifs is 1. The quantitative estimate of drug-likeness (QED) is 0.804. The molecule has 0 saturated carbocycles. The zero-order chi connectivity index (χ0) is 15.0. The molecule has 0 fully saturated rings. The van der Waals surface area contributed by atoms with E-state index in [4.69, 9.17) is 0 Å². The Labute approximate surface area is 122 Å². The SMILES string of the molecule is Cc1ccc(S(=O)(=O)n2cc(CO)c3cccnc32)cc1. The van der Waals surface area contributed by atoms with Gasteiger partial charge in [0.2, 0.25) is 0 Å². The van der Waals surface area contributed by atoms with Crippen LogP contribution in [0.2, 0.25) is 0 Å². The average Bonchev–Trinajstić information content (AvgIpc) is 2.87. The van der Waals surface area contributed by atoms with Gasteiger partial charge in [0.1, 0.15) is 0 Å². The van der Waals surface area contributed by atoms with Gasteiger partial charge in [-0.05, 0) is 31.2 Å². The van der Waals surface area contributed by atoms with E-state index in [0.717, 1.165) is 9.54 Å². The smallest absolute Gasteiger partial charge is 0.269 e. The van der Waals surface area contributed by atoms with Gasteiger partial charge in [0.05, 0.1) is 11.5 Å². The van der Waals surface area contributed by atoms with Crippen LogP contribution >= 0.6 is 0 Å². The molecule has 0 bridgehead atoms. The van der Waals surface area contributed by atoms with Crippen molar-refractivity contribution in [1.82, 2.24) is 8.96 Å². The zero-order valence-corrected chi connectivity index (χ0v) is 12.2. The first-order valence-electron chi connectivity index (χ1n) is 6.42. The van der Waals surface area contributed by atoms with Gasteiger partial charge >= 0.3 is 0 Å². The minimum atomic E-state index is -3.73. The van der Waals surface area contributed by atoms with E-state index in [-0.39, 0.29) is 11.5 Å². The molecule has 1 aromatic carbocycles. The lowest BCUT2D eigenvalue weighted by molar-refractivity contribution is 0.283. The maximum atomic E-state index is 12.7. The van der Waals surface area contributed by atoms with E-state index in [1.165, 1.54) is 12.4 Å². The van der Waals surface area contributed by atoms with E-state index in [1.807, 2.05) is 6.92 Å².